The van der Waals surface area contributed by atoms with Crippen molar-refractivity contribution in [3.63, 3.8) is 0 Å². The Kier molecular flexibility index (Phi) is 3.32. The number of hydrogen-bond acceptors (Lipinski definition) is 3. The number of hydrogen-bond donors (Lipinski definition) is 2. The molecule has 0 radical (unpaired) electrons. The van der Waals surface area contributed by atoms with Crippen molar-refractivity contribution in [1.29, 1.82) is 0 Å². The molecule has 0 bridgehead atoms. The summed E-state index contributed by atoms with van der Waals surface area (Å²) in [4.78, 5) is 12.9. The Bertz CT molecular complexity index is 130. The van der Waals surface area contributed by atoms with Crippen molar-refractivity contribution in [2.45, 2.75) is 6.42 Å². The zero-order valence-electron chi connectivity index (χ0n) is 6.68. The van der Waals surface area contributed by atoms with Crippen molar-refractivity contribution in [3.8, 4) is 0 Å². The van der Waals surface area contributed by atoms with Crippen molar-refractivity contribution < 1.29 is 4.79 Å². The van der Waals surface area contributed by atoms with E-state index in [1.54, 1.807) is 0 Å². The van der Waals surface area contributed by atoms with Crippen LogP contribution >= 0.6 is 0 Å². The minimum Gasteiger partial charge on any atom is -0.340 e. The summed E-state index contributed by atoms with van der Waals surface area (Å²) in [5, 5.41) is 3.22. The molecule has 0 aromatic carbocycles. The minimum atomic E-state index is 0.0636. The highest BCUT2D eigenvalue weighted by atomic mass is 16.2. The van der Waals surface area contributed by atoms with E-state index in [4.69, 9.17) is 5.73 Å². The second-order valence-corrected chi connectivity index (χ2v) is 2.69. The summed E-state index contributed by atoms with van der Waals surface area (Å²) in [6.07, 6.45) is 1.03. The van der Waals surface area contributed by atoms with Gasteiger partial charge in [0.15, 0.2) is 0 Å². The Morgan fingerprint density at radius 2 is 2.27 bits per heavy atom. The first-order chi connectivity index (χ1) is 5.34. The zero-order valence-corrected chi connectivity index (χ0v) is 6.68. The third-order valence-corrected chi connectivity index (χ3v) is 1.87. The standard InChI is InChI=1S/C7H15N3O/c8-6-7(11)10-4-1-2-9-3-5-10/h9H,1-6,8H2. The summed E-state index contributed by atoms with van der Waals surface area (Å²) in [5.41, 5.74) is 5.24. The molecule has 1 heterocycles. The van der Waals surface area contributed by atoms with Gasteiger partial charge in [0.05, 0.1) is 6.54 Å². The lowest BCUT2D eigenvalue weighted by atomic mass is 10.4. The van der Waals surface area contributed by atoms with Gasteiger partial charge in [-0.05, 0) is 13.0 Å². The molecule has 0 aromatic rings. The van der Waals surface area contributed by atoms with Gasteiger partial charge in [-0.25, -0.2) is 0 Å². The number of nitrogens with two attached hydrogens (primary N) is 1. The van der Waals surface area contributed by atoms with Gasteiger partial charge in [-0.15, -0.1) is 0 Å². The molecule has 0 atom stereocenters. The Hall–Kier alpha value is -0.610. The fraction of sp³-hybridized carbons (Fsp3) is 0.857. The number of nitrogens with one attached hydrogen (secondary N) is 1. The first kappa shape index (κ1) is 8.49. The van der Waals surface area contributed by atoms with Gasteiger partial charge in [-0.1, -0.05) is 0 Å². The molecule has 0 aliphatic carbocycles. The normalized spacial score (nSPS) is 19.5. The number of amides is 1. The highest BCUT2D eigenvalue weighted by molar-refractivity contribution is 5.78. The highest BCUT2D eigenvalue weighted by Crippen LogP contribution is 1.94. The number of nitrogens with zero attached hydrogens (tertiary/aromatic N) is 1. The largest absolute Gasteiger partial charge is 0.340 e. The van der Waals surface area contributed by atoms with E-state index in [2.05, 4.69) is 5.32 Å². The van der Waals surface area contributed by atoms with Crippen LogP contribution in [0.1, 0.15) is 6.42 Å². The van der Waals surface area contributed by atoms with Crippen molar-refractivity contribution in [2.75, 3.05) is 32.7 Å². The molecular formula is C7H15N3O. The van der Waals surface area contributed by atoms with Crippen LogP contribution in [-0.4, -0.2) is 43.5 Å². The van der Waals surface area contributed by atoms with Gasteiger partial charge in [0, 0.05) is 19.6 Å². The summed E-state index contributed by atoms with van der Waals surface area (Å²) in [6, 6.07) is 0. The van der Waals surface area contributed by atoms with Crippen LogP contribution in [-0.2, 0) is 4.79 Å². The molecule has 64 valence electrons. The molecular weight excluding hydrogens is 142 g/mol. The van der Waals surface area contributed by atoms with Crippen molar-refractivity contribution >= 4 is 5.91 Å². The Morgan fingerprint density at radius 1 is 1.45 bits per heavy atom. The molecule has 1 fully saturated rings. The predicted octanol–water partition coefficient (Wildman–Crippen LogP) is -1.23. The first-order valence-corrected chi connectivity index (χ1v) is 4.03. The maximum absolute atomic E-state index is 11.1. The van der Waals surface area contributed by atoms with Gasteiger partial charge >= 0.3 is 0 Å². The van der Waals surface area contributed by atoms with Crippen molar-refractivity contribution in [2.24, 2.45) is 5.73 Å². The maximum Gasteiger partial charge on any atom is 0.236 e. The van der Waals surface area contributed by atoms with E-state index in [1.165, 1.54) is 0 Å². The van der Waals surface area contributed by atoms with Crippen LogP contribution in [0, 0.1) is 0 Å². The fourth-order valence-electron chi connectivity index (χ4n) is 1.22. The summed E-state index contributed by atoms with van der Waals surface area (Å²) < 4.78 is 0. The van der Waals surface area contributed by atoms with E-state index < -0.39 is 0 Å². The monoisotopic (exact) mass is 157 g/mol. The second-order valence-electron chi connectivity index (χ2n) is 2.69. The van der Waals surface area contributed by atoms with Crippen LogP contribution in [0.4, 0.5) is 0 Å². The minimum absolute atomic E-state index is 0.0636. The molecule has 0 unspecified atom stereocenters. The molecule has 1 saturated heterocycles. The summed E-state index contributed by atoms with van der Waals surface area (Å²) in [6.45, 7) is 3.69. The molecule has 3 N–H and O–H groups in total. The van der Waals surface area contributed by atoms with Gasteiger partial charge in [-0.3, -0.25) is 4.79 Å². The highest BCUT2D eigenvalue weighted by Gasteiger charge is 2.12. The summed E-state index contributed by atoms with van der Waals surface area (Å²) in [5.74, 6) is 0.0636. The molecule has 0 aromatic heterocycles. The Morgan fingerprint density at radius 3 is 3.00 bits per heavy atom. The Labute approximate surface area is 66.7 Å². The van der Waals surface area contributed by atoms with Crippen LogP contribution in [0.2, 0.25) is 0 Å². The molecule has 1 amide bonds. The lowest BCUT2D eigenvalue weighted by Crippen LogP contribution is -2.38. The lowest BCUT2D eigenvalue weighted by Gasteiger charge is -2.18. The van der Waals surface area contributed by atoms with E-state index in [1.807, 2.05) is 4.90 Å². The maximum atomic E-state index is 11.1. The third-order valence-electron chi connectivity index (χ3n) is 1.87. The van der Waals surface area contributed by atoms with Gasteiger partial charge in [0.2, 0.25) is 5.91 Å². The van der Waals surface area contributed by atoms with Gasteiger partial charge < -0.3 is 16.0 Å². The van der Waals surface area contributed by atoms with Crippen LogP contribution in [0.3, 0.4) is 0 Å². The molecule has 4 nitrogen and oxygen atoms in total. The fourth-order valence-corrected chi connectivity index (χ4v) is 1.22. The van der Waals surface area contributed by atoms with Crippen LogP contribution in [0.15, 0.2) is 0 Å². The molecule has 0 spiro atoms. The van der Waals surface area contributed by atoms with E-state index >= 15 is 0 Å². The van der Waals surface area contributed by atoms with Crippen LogP contribution in [0.5, 0.6) is 0 Å². The molecule has 1 aliphatic heterocycles. The average molecular weight is 157 g/mol. The van der Waals surface area contributed by atoms with Gasteiger partial charge in [0.25, 0.3) is 0 Å². The van der Waals surface area contributed by atoms with Gasteiger partial charge in [0.1, 0.15) is 0 Å². The van der Waals surface area contributed by atoms with E-state index in [0.29, 0.717) is 0 Å². The molecule has 0 saturated carbocycles. The second kappa shape index (κ2) is 4.31. The molecule has 1 aliphatic rings. The smallest absolute Gasteiger partial charge is 0.236 e. The molecule has 4 heteroatoms. The zero-order chi connectivity index (χ0) is 8.10. The van der Waals surface area contributed by atoms with E-state index in [9.17, 15) is 4.79 Å². The topological polar surface area (TPSA) is 58.4 Å². The predicted molar refractivity (Wildman–Crippen MR) is 43.1 cm³/mol. The van der Waals surface area contributed by atoms with Crippen LogP contribution in [0.25, 0.3) is 0 Å². The number of rotatable bonds is 1. The van der Waals surface area contributed by atoms with Crippen molar-refractivity contribution in [3.05, 3.63) is 0 Å². The Balaban J connectivity index is 2.36. The van der Waals surface area contributed by atoms with Crippen molar-refractivity contribution in [1.82, 2.24) is 10.2 Å². The van der Waals surface area contributed by atoms with Gasteiger partial charge in [-0.2, -0.15) is 0 Å². The summed E-state index contributed by atoms with van der Waals surface area (Å²) in [7, 11) is 0. The molecule has 11 heavy (non-hydrogen) atoms. The third kappa shape index (κ3) is 2.48. The average Bonchev–Trinajstić information content (AvgIpc) is 2.30. The number of carbonyl (C=O) groups excluding carboxylic acids is 1. The summed E-state index contributed by atoms with van der Waals surface area (Å²) >= 11 is 0. The van der Waals surface area contributed by atoms with E-state index in [0.717, 1.165) is 32.6 Å². The number of carbonyl (C=O) groups is 1. The van der Waals surface area contributed by atoms with Crippen LogP contribution < -0.4 is 11.1 Å². The molecule has 1 rings (SSSR count). The quantitative estimate of drug-likeness (QED) is 0.501. The first-order valence-electron chi connectivity index (χ1n) is 4.03. The SMILES string of the molecule is NCC(=O)N1CCCNCC1. The lowest BCUT2D eigenvalue weighted by molar-refractivity contribution is -0.129. The van der Waals surface area contributed by atoms with E-state index in [-0.39, 0.29) is 12.5 Å².